The summed E-state index contributed by atoms with van der Waals surface area (Å²) in [5.74, 6) is 0.408. The van der Waals surface area contributed by atoms with Gasteiger partial charge in [0.05, 0.1) is 35.7 Å². The maximum Gasteiger partial charge on any atom is 0.147 e. The summed E-state index contributed by atoms with van der Waals surface area (Å²) in [6, 6.07) is 6.51. The number of aromatic nitrogens is 1. The molecule has 1 fully saturated rings. The van der Waals surface area contributed by atoms with Gasteiger partial charge in [-0.2, -0.15) is 5.26 Å². The molecule has 5 nitrogen and oxygen atoms in total. The van der Waals surface area contributed by atoms with E-state index in [9.17, 15) is 4.39 Å². The minimum absolute atomic E-state index is 0.0405. The van der Waals surface area contributed by atoms with E-state index >= 15 is 0 Å². The standard InChI is InChI=1S/C17H18FN3O2/c1-11-15(12(2)23-20-11)10-22-14-5-6-21(9-14)17-4-3-13(8-19)7-16(17)18/h3-4,7,14H,5-6,9-10H2,1-2H3. The molecule has 1 unspecified atom stereocenters. The summed E-state index contributed by atoms with van der Waals surface area (Å²) in [6.07, 6.45) is 0.877. The zero-order valence-corrected chi connectivity index (χ0v) is 13.2. The molecule has 1 aromatic heterocycles. The summed E-state index contributed by atoms with van der Waals surface area (Å²) in [4.78, 5) is 1.95. The molecule has 23 heavy (non-hydrogen) atoms. The molecule has 6 heteroatoms. The van der Waals surface area contributed by atoms with E-state index in [0.29, 0.717) is 24.4 Å². The molecule has 1 atom stereocenters. The van der Waals surface area contributed by atoms with Gasteiger partial charge in [0.25, 0.3) is 0 Å². The van der Waals surface area contributed by atoms with Gasteiger partial charge in [0.2, 0.25) is 0 Å². The summed E-state index contributed by atoms with van der Waals surface area (Å²) < 4.78 is 25.1. The predicted molar refractivity (Wildman–Crippen MR) is 82.5 cm³/mol. The first-order valence-electron chi connectivity index (χ1n) is 7.56. The fourth-order valence-corrected chi connectivity index (χ4v) is 2.83. The third kappa shape index (κ3) is 3.20. The average molecular weight is 315 g/mol. The Morgan fingerprint density at radius 1 is 1.48 bits per heavy atom. The molecule has 0 radical (unpaired) electrons. The summed E-state index contributed by atoms with van der Waals surface area (Å²) in [5, 5.41) is 12.7. The van der Waals surface area contributed by atoms with Gasteiger partial charge in [-0.05, 0) is 38.5 Å². The maximum atomic E-state index is 14.1. The lowest BCUT2D eigenvalue weighted by molar-refractivity contribution is 0.0544. The van der Waals surface area contributed by atoms with Crippen molar-refractivity contribution in [2.45, 2.75) is 33.0 Å². The smallest absolute Gasteiger partial charge is 0.147 e. The monoisotopic (exact) mass is 315 g/mol. The van der Waals surface area contributed by atoms with E-state index in [1.54, 1.807) is 12.1 Å². The van der Waals surface area contributed by atoms with E-state index in [1.165, 1.54) is 6.07 Å². The van der Waals surface area contributed by atoms with E-state index in [-0.39, 0.29) is 11.9 Å². The van der Waals surface area contributed by atoms with Crippen LogP contribution in [0.4, 0.5) is 10.1 Å². The first-order valence-corrected chi connectivity index (χ1v) is 7.56. The Bertz CT molecular complexity index is 731. The minimum Gasteiger partial charge on any atom is -0.371 e. The number of halogens is 1. The summed E-state index contributed by atoms with van der Waals surface area (Å²) in [6.45, 7) is 5.57. The van der Waals surface area contributed by atoms with Crippen LogP contribution in [0, 0.1) is 31.0 Å². The fourth-order valence-electron chi connectivity index (χ4n) is 2.83. The second-order valence-corrected chi connectivity index (χ2v) is 5.75. The van der Waals surface area contributed by atoms with Crippen LogP contribution >= 0.6 is 0 Å². The third-order valence-corrected chi connectivity index (χ3v) is 4.21. The molecular weight excluding hydrogens is 297 g/mol. The van der Waals surface area contributed by atoms with Crippen molar-refractivity contribution < 1.29 is 13.7 Å². The normalized spacial score (nSPS) is 17.5. The van der Waals surface area contributed by atoms with E-state index in [4.69, 9.17) is 14.5 Å². The van der Waals surface area contributed by atoms with Gasteiger partial charge in [0, 0.05) is 18.7 Å². The number of nitriles is 1. The number of anilines is 1. The van der Waals surface area contributed by atoms with Crippen LogP contribution in [0.2, 0.25) is 0 Å². The Kier molecular flexibility index (Phi) is 4.30. The highest BCUT2D eigenvalue weighted by molar-refractivity contribution is 5.52. The fraction of sp³-hybridized carbons (Fsp3) is 0.412. The molecule has 0 N–H and O–H groups in total. The van der Waals surface area contributed by atoms with Crippen molar-refractivity contribution in [3.05, 3.63) is 46.6 Å². The second kappa shape index (κ2) is 6.39. The van der Waals surface area contributed by atoms with Crippen molar-refractivity contribution in [2.75, 3.05) is 18.0 Å². The highest BCUT2D eigenvalue weighted by Crippen LogP contribution is 2.26. The number of ether oxygens (including phenoxy) is 1. The Labute approximate surface area is 134 Å². The lowest BCUT2D eigenvalue weighted by atomic mass is 10.2. The molecule has 1 aliphatic heterocycles. The zero-order valence-electron chi connectivity index (χ0n) is 13.2. The van der Waals surface area contributed by atoms with Crippen molar-refractivity contribution in [1.29, 1.82) is 5.26 Å². The molecule has 0 bridgehead atoms. The molecule has 2 aromatic rings. The Morgan fingerprint density at radius 3 is 2.96 bits per heavy atom. The molecule has 2 heterocycles. The molecule has 0 saturated carbocycles. The van der Waals surface area contributed by atoms with Crippen molar-refractivity contribution in [3.63, 3.8) is 0 Å². The minimum atomic E-state index is -0.365. The number of hydrogen-bond donors (Lipinski definition) is 0. The van der Waals surface area contributed by atoms with Gasteiger partial charge < -0.3 is 14.2 Å². The molecule has 1 aliphatic rings. The van der Waals surface area contributed by atoms with E-state index in [2.05, 4.69) is 5.16 Å². The topological polar surface area (TPSA) is 62.3 Å². The van der Waals surface area contributed by atoms with Crippen LogP contribution < -0.4 is 4.90 Å². The van der Waals surface area contributed by atoms with Gasteiger partial charge in [-0.15, -0.1) is 0 Å². The number of aryl methyl sites for hydroxylation is 2. The second-order valence-electron chi connectivity index (χ2n) is 5.75. The first kappa shape index (κ1) is 15.5. The van der Waals surface area contributed by atoms with Gasteiger partial charge in [0.15, 0.2) is 0 Å². The number of benzene rings is 1. The highest BCUT2D eigenvalue weighted by atomic mass is 19.1. The first-order chi connectivity index (χ1) is 11.1. The Hall–Kier alpha value is -2.39. The van der Waals surface area contributed by atoms with E-state index in [0.717, 1.165) is 30.0 Å². The average Bonchev–Trinajstić information content (AvgIpc) is 3.13. The van der Waals surface area contributed by atoms with Crippen LogP contribution in [-0.4, -0.2) is 24.4 Å². The van der Waals surface area contributed by atoms with Gasteiger partial charge in [0.1, 0.15) is 11.6 Å². The lowest BCUT2D eigenvalue weighted by Crippen LogP contribution is -2.23. The van der Waals surface area contributed by atoms with Crippen LogP contribution in [-0.2, 0) is 11.3 Å². The molecule has 1 saturated heterocycles. The van der Waals surface area contributed by atoms with Crippen LogP contribution in [0.1, 0.15) is 29.0 Å². The highest BCUT2D eigenvalue weighted by Gasteiger charge is 2.26. The molecule has 1 aromatic carbocycles. The van der Waals surface area contributed by atoms with Gasteiger partial charge >= 0.3 is 0 Å². The molecule has 3 rings (SSSR count). The van der Waals surface area contributed by atoms with Crippen molar-refractivity contribution in [3.8, 4) is 6.07 Å². The number of nitrogens with zero attached hydrogens (tertiary/aromatic N) is 3. The predicted octanol–water partition coefficient (Wildman–Crippen LogP) is 3.10. The van der Waals surface area contributed by atoms with E-state index < -0.39 is 0 Å². The molecule has 0 spiro atoms. The van der Waals surface area contributed by atoms with Crippen LogP contribution in [0.25, 0.3) is 0 Å². The van der Waals surface area contributed by atoms with Gasteiger partial charge in [-0.1, -0.05) is 5.16 Å². The number of rotatable bonds is 4. The van der Waals surface area contributed by atoms with Crippen molar-refractivity contribution in [1.82, 2.24) is 5.16 Å². The maximum absolute atomic E-state index is 14.1. The van der Waals surface area contributed by atoms with Gasteiger partial charge in [-0.25, -0.2) is 4.39 Å². The SMILES string of the molecule is Cc1noc(C)c1COC1CCN(c2ccc(C#N)cc2F)C1. The summed E-state index contributed by atoms with van der Waals surface area (Å²) in [5.41, 5.74) is 2.67. The molecule has 0 aliphatic carbocycles. The Morgan fingerprint density at radius 2 is 2.30 bits per heavy atom. The molecule has 0 amide bonds. The van der Waals surface area contributed by atoms with Crippen LogP contribution in [0.15, 0.2) is 22.7 Å². The third-order valence-electron chi connectivity index (χ3n) is 4.21. The lowest BCUT2D eigenvalue weighted by Gasteiger charge is -2.19. The molecular formula is C17H18FN3O2. The van der Waals surface area contributed by atoms with Gasteiger partial charge in [-0.3, -0.25) is 0 Å². The Balaban J connectivity index is 1.62. The van der Waals surface area contributed by atoms with Crippen molar-refractivity contribution in [2.24, 2.45) is 0 Å². The number of hydrogen-bond acceptors (Lipinski definition) is 5. The summed E-state index contributed by atoms with van der Waals surface area (Å²) in [7, 11) is 0. The van der Waals surface area contributed by atoms with E-state index in [1.807, 2.05) is 24.8 Å². The van der Waals surface area contributed by atoms with Crippen LogP contribution in [0.3, 0.4) is 0 Å². The quantitative estimate of drug-likeness (QED) is 0.867. The zero-order chi connectivity index (χ0) is 16.4. The van der Waals surface area contributed by atoms with Crippen LogP contribution in [0.5, 0.6) is 0 Å². The van der Waals surface area contributed by atoms with Crippen molar-refractivity contribution >= 4 is 5.69 Å². The largest absolute Gasteiger partial charge is 0.371 e. The summed E-state index contributed by atoms with van der Waals surface area (Å²) >= 11 is 0. The molecule has 120 valence electrons.